The predicted molar refractivity (Wildman–Crippen MR) is 71.8 cm³/mol. The Bertz CT molecular complexity index is 306. The Hall–Kier alpha value is -1.26. The molecular formula is C14H25NO4. The molecule has 3 atom stereocenters. The number of alkyl carbamates (subject to hydrolysis) is 1. The van der Waals surface area contributed by atoms with Crippen molar-refractivity contribution in [2.75, 3.05) is 0 Å². The highest BCUT2D eigenvalue weighted by atomic mass is 16.6. The minimum atomic E-state index is -0.552. The number of unbranched alkanes of at least 4 members (excludes halogenated alkanes) is 4. The number of carbonyl (C=O) groups excluding carboxylic acids is 2. The maximum Gasteiger partial charge on any atom is 0.408 e. The van der Waals surface area contributed by atoms with Gasteiger partial charge in [-0.1, -0.05) is 32.6 Å². The number of nitrogens with one attached hydrogen (secondary N) is 1. The number of amides is 1. The second kappa shape index (κ2) is 8.02. The second-order valence-corrected chi connectivity index (χ2v) is 5.18. The van der Waals surface area contributed by atoms with Gasteiger partial charge in [0.2, 0.25) is 0 Å². The largest absolute Gasteiger partial charge is 0.458 e. The molecule has 0 spiro atoms. The van der Waals surface area contributed by atoms with E-state index in [9.17, 15) is 9.59 Å². The second-order valence-electron chi connectivity index (χ2n) is 5.18. The van der Waals surface area contributed by atoms with Crippen molar-refractivity contribution in [2.24, 2.45) is 0 Å². The lowest BCUT2D eigenvalue weighted by Crippen LogP contribution is -2.58. The first kappa shape index (κ1) is 15.8. The van der Waals surface area contributed by atoms with E-state index >= 15 is 0 Å². The topological polar surface area (TPSA) is 64.6 Å². The molecule has 1 aliphatic rings. The van der Waals surface area contributed by atoms with Gasteiger partial charge in [-0.3, -0.25) is 0 Å². The third-order valence-electron chi connectivity index (χ3n) is 3.32. The molecule has 0 saturated carbocycles. The van der Waals surface area contributed by atoms with Crippen LogP contribution in [0.15, 0.2) is 0 Å². The molecule has 0 bridgehead atoms. The molecule has 1 saturated heterocycles. The molecule has 1 amide bonds. The number of hydrogen-bond acceptors (Lipinski definition) is 4. The molecule has 0 radical (unpaired) electrons. The van der Waals surface area contributed by atoms with Gasteiger partial charge >= 0.3 is 12.1 Å². The van der Waals surface area contributed by atoms with Crippen LogP contribution in [0.25, 0.3) is 0 Å². The van der Waals surface area contributed by atoms with Crippen LogP contribution in [-0.2, 0) is 14.3 Å². The van der Waals surface area contributed by atoms with Crippen molar-refractivity contribution in [2.45, 2.75) is 77.5 Å². The van der Waals surface area contributed by atoms with Crippen molar-refractivity contribution < 1.29 is 19.1 Å². The molecule has 1 heterocycles. The molecule has 1 N–H and O–H groups in total. The third-order valence-corrected chi connectivity index (χ3v) is 3.32. The molecule has 1 rings (SSSR count). The maximum atomic E-state index is 11.5. The zero-order valence-electron chi connectivity index (χ0n) is 12.1. The monoisotopic (exact) mass is 271 g/mol. The molecule has 0 aliphatic carbocycles. The SMILES string of the molecule is CCCCCCCC(C)OC(=O)N[C@H]1C(=O)O[C@H]1C. The molecule has 110 valence electrons. The fourth-order valence-electron chi connectivity index (χ4n) is 2.06. The van der Waals surface area contributed by atoms with Crippen LogP contribution in [0.5, 0.6) is 0 Å². The molecular weight excluding hydrogens is 246 g/mol. The summed E-state index contributed by atoms with van der Waals surface area (Å²) in [4.78, 5) is 22.6. The highest BCUT2D eigenvalue weighted by Crippen LogP contribution is 2.14. The summed E-state index contributed by atoms with van der Waals surface area (Å²) < 4.78 is 9.95. The Morgan fingerprint density at radius 3 is 2.63 bits per heavy atom. The van der Waals surface area contributed by atoms with E-state index in [1.54, 1.807) is 6.92 Å². The first-order valence-corrected chi connectivity index (χ1v) is 7.22. The maximum absolute atomic E-state index is 11.5. The van der Waals surface area contributed by atoms with Crippen LogP contribution < -0.4 is 5.32 Å². The lowest BCUT2D eigenvalue weighted by Gasteiger charge is -2.32. The summed E-state index contributed by atoms with van der Waals surface area (Å²) in [5.41, 5.74) is 0. The van der Waals surface area contributed by atoms with Gasteiger partial charge in [-0.05, 0) is 26.7 Å². The summed E-state index contributed by atoms with van der Waals surface area (Å²) in [6.45, 7) is 5.80. The van der Waals surface area contributed by atoms with Gasteiger partial charge in [-0.15, -0.1) is 0 Å². The molecule has 1 fully saturated rings. The van der Waals surface area contributed by atoms with E-state index in [-0.39, 0.29) is 12.2 Å². The van der Waals surface area contributed by atoms with E-state index in [0.29, 0.717) is 0 Å². The van der Waals surface area contributed by atoms with Crippen LogP contribution >= 0.6 is 0 Å². The smallest absolute Gasteiger partial charge is 0.408 e. The van der Waals surface area contributed by atoms with E-state index < -0.39 is 18.1 Å². The average Bonchev–Trinajstić information content (AvgIpc) is 2.36. The lowest BCUT2D eigenvalue weighted by atomic mass is 10.1. The Morgan fingerprint density at radius 1 is 1.37 bits per heavy atom. The molecule has 5 heteroatoms. The van der Waals surface area contributed by atoms with Crippen molar-refractivity contribution in [1.82, 2.24) is 5.32 Å². The fourth-order valence-corrected chi connectivity index (χ4v) is 2.06. The Balaban J connectivity index is 2.09. The van der Waals surface area contributed by atoms with E-state index in [4.69, 9.17) is 9.47 Å². The molecule has 0 aromatic rings. The zero-order valence-corrected chi connectivity index (χ0v) is 12.1. The minimum Gasteiger partial charge on any atom is -0.458 e. The number of esters is 1. The standard InChI is InChI=1S/C14H25NO4/c1-4-5-6-7-8-9-10(2)18-14(17)15-12-11(3)19-13(12)16/h10-12H,4-9H2,1-3H3,(H,15,17)/t10?,11-,12+/m0/s1. The van der Waals surface area contributed by atoms with Crippen molar-refractivity contribution in [3.8, 4) is 0 Å². The van der Waals surface area contributed by atoms with Crippen LogP contribution in [-0.4, -0.2) is 30.3 Å². The summed E-state index contributed by atoms with van der Waals surface area (Å²) in [5, 5.41) is 2.52. The van der Waals surface area contributed by atoms with Crippen molar-refractivity contribution in [3.05, 3.63) is 0 Å². The first-order valence-electron chi connectivity index (χ1n) is 7.22. The normalized spacial score (nSPS) is 23.2. The number of rotatable bonds is 8. The van der Waals surface area contributed by atoms with Crippen molar-refractivity contribution in [1.29, 1.82) is 0 Å². The number of ether oxygens (including phenoxy) is 2. The zero-order chi connectivity index (χ0) is 14.3. The molecule has 1 aliphatic heterocycles. The first-order chi connectivity index (χ1) is 9.04. The van der Waals surface area contributed by atoms with Gasteiger partial charge in [0.05, 0.1) is 0 Å². The van der Waals surface area contributed by atoms with Gasteiger partial charge in [0, 0.05) is 0 Å². The third kappa shape index (κ3) is 5.49. The summed E-state index contributed by atoms with van der Waals surface area (Å²) in [6, 6.07) is -0.552. The number of hydrogen-bond donors (Lipinski definition) is 1. The molecule has 0 aromatic carbocycles. The van der Waals surface area contributed by atoms with E-state index in [0.717, 1.165) is 12.8 Å². The Kier molecular flexibility index (Phi) is 6.67. The minimum absolute atomic E-state index is 0.118. The van der Waals surface area contributed by atoms with E-state index in [2.05, 4.69) is 12.2 Å². The number of cyclic esters (lactones) is 1. The molecule has 0 aromatic heterocycles. The van der Waals surface area contributed by atoms with Crippen LogP contribution in [0, 0.1) is 0 Å². The molecule has 19 heavy (non-hydrogen) atoms. The van der Waals surface area contributed by atoms with Crippen molar-refractivity contribution >= 4 is 12.1 Å². The molecule has 5 nitrogen and oxygen atoms in total. The Morgan fingerprint density at radius 2 is 2.05 bits per heavy atom. The summed E-state index contributed by atoms with van der Waals surface area (Å²) in [5.74, 6) is -0.392. The summed E-state index contributed by atoms with van der Waals surface area (Å²) in [6.07, 6.45) is 5.92. The van der Waals surface area contributed by atoms with E-state index in [1.807, 2.05) is 6.92 Å². The van der Waals surface area contributed by atoms with Crippen LogP contribution in [0.1, 0.15) is 59.3 Å². The van der Waals surface area contributed by atoms with Gasteiger partial charge < -0.3 is 14.8 Å². The lowest BCUT2D eigenvalue weighted by molar-refractivity contribution is -0.174. The average molecular weight is 271 g/mol. The van der Waals surface area contributed by atoms with Gasteiger partial charge in [-0.25, -0.2) is 9.59 Å². The van der Waals surface area contributed by atoms with Gasteiger partial charge in [0.1, 0.15) is 12.2 Å². The highest BCUT2D eigenvalue weighted by Gasteiger charge is 2.40. The summed E-state index contributed by atoms with van der Waals surface area (Å²) >= 11 is 0. The Labute approximate surface area is 115 Å². The van der Waals surface area contributed by atoms with Gasteiger partial charge in [-0.2, -0.15) is 0 Å². The van der Waals surface area contributed by atoms with Gasteiger partial charge in [0.25, 0.3) is 0 Å². The molecule has 1 unspecified atom stereocenters. The highest BCUT2D eigenvalue weighted by molar-refractivity contribution is 5.86. The fraction of sp³-hybridized carbons (Fsp3) is 0.857. The van der Waals surface area contributed by atoms with Crippen LogP contribution in [0.2, 0.25) is 0 Å². The van der Waals surface area contributed by atoms with Crippen LogP contribution in [0.4, 0.5) is 4.79 Å². The van der Waals surface area contributed by atoms with E-state index in [1.165, 1.54) is 25.7 Å². The van der Waals surface area contributed by atoms with Crippen molar-refractivity contribution in [3.63, 3.8) is 0 Å². The predicted octanol–water partition coefficient (Wildman–Crippen LogP) is 2.78. The van der Waals surface area contributed by atoms with Gasteiger partial charge in [0.15, 0.2) is 6.04 Å². The summed E-state index contributed by atoms with van der Waals surface area (Å²) in [7, 11) is 0. The van der Waals surface area contributed by atoms with Crippen LogP contribution in [0.3, 0.4) is 0 Å². The number of carbonyl (C=O) groups is 2. The quantitative estimate of drug-likeness (QED) is 0.544.